The molecule has 0 saturated heterocycles. The standard InChI is InChI=1S/C19H23N3OS/c1-7-23-15-8-9-16(17(10-15)24-6)22-13(4)18-11(2)20-21-12(3)19(18)14(22)5/h8-10H,7H2,1-6H3. The molecule has 0 fully saturated rings. The molecule has 24 heavy (non-hydrogen) atoms. The van der Waals surface area contributed by atoms with E-state index in [4.69, 9.17) is 4.74 Å². The van der Waals surface area contributed by atoms with Crippen molar-refractivity contribution in [3.63, 3.8) is 0 Å². The lowest BCUT2D eigenvalue weighted by Crippen LogP contribution is -2.02. The fourth-order valence-corrected chi connectivity index (χ4v) is 4.04. The maximum Gasteiger partial charge on any atom is 0.120 e. The number of rotatable bonds is 4. The first-order valence-corrected chi connectivity index (χ1v) is 9.34. The third-order valence-electron chi connectivity index (χ3n) is 4.42. The SMILES string of the molecule is CCOc1ccc(-n2c(C)c3c(C)nnc(C)c3c2C)c(SC)c1. The lowest BCUT2D eigenvalue weighted by Gasteiger charge is -2.15. The van der Waals surface area contributed by atoms with Crippen LogP contribution >= 0.6 is 11.8 Å². The number of ether oxygens (including phenoxy) is 1. The van der Waals surface area contributed by atoms with Crippen molar-refractivity contribution < 1.29 is 4.74 Å². The lowest BCUT2D eigenvalue weighted by atomic mass is 10.1. The average molecular weight is 341 g/mol. The minimum absolute atomic E-state index is 0.675. The van der Waals surface area contributed by atoms with Gasteiger partial charge >= 0.3 is 0 Å². The highest BCUT2D eigenvalue weighted by Gasteiger charge is 2.19. The van der Waals surface area contributed by atoms with Crippen LogP contribution < -0.4 is 4.74 Å². The second-order valence-corrected chi connectivity index (χ2v) is 6.74. The predicted octanol–water partition coefficient (Wildman–Crippen LogP) is 4.77. The molecule has 0 amide bonds. The molecule has 0 aliphatic carbocycles. The number of aromatic nitrogens is 3. The highest BCUT2D eigenvalue weighted by Crippen LogP contribution is 2.36. The fraction of sp³-hybridized carbons (Fsp3) is 0.368. The van der Waals surface area contributed by atoms with Gasteiger partial charge in [-0.3, -0.25) is 0 Å². The summed E-state index contributed by atoms with van der Waals surface area (Å²) in [7, 11) is 0. The summed E-state index contributed by atoms with van der Waals surface area (Å²) in [5, 5.41) is 11.0. The van der Waals surface area contributed by atoms with Crippen molar-refractivity contribution >= 4 is 22.5 Å². The number of benzene rings is 1. The van der Waals surface area contributed by atoms with Crippen molar-refractivity contribution in [2.24, 2.45) is 0 Å². The fourth-order valence-electron chi connectivity index (χ4n) is 3.43. The Labute approximate surface area is 147 Å². The van der Waals surface area contributed by atoms with Gasteiger partial charge in [-0.15, -0.1) is 11.8 Å². The van der Waals surface area contributed by atoms with Crippen LogP contribution in [-0.2, 0) is 0 Å². The second-order valence-electron chi connectivity index (χ2n) is 5.89. The first-order valence-electron chi connectivity index (χ1n) is 8.12. The van der Waals surface area contributed by atoms with Crippen molar-refractivity contribution in [2.45, 2.75) is 39.5 Å². The largest absolute Gasteiger partial charge is 0.494 e. The molecule has 0 spiro atoms. The third kappa shape index (κ3) is 2.57. The topological polar surface area (TPSA) is 39.9 Å². The van der Waals surface area contributed by atoms with E-state index in [1.165, 1.54) is 32.7 Å². The summed E-state index contributed by atoms with van der Waals surface area (Å²) in [4.78, 5) is 1.20. The quantitative estimate of drug-likeness (QED) is 0.641. The van der Waals surface area contributed by atoms with E-state index in [-0.39, 0.29) is 0 Å². The van der Waals surface area contributed by atoms with Crippen molar-refractivity contribution in [3.8, 4) is 11.4 Å². The van der Waals surface area contributed by atoms with Gasteiger partial charge in [-0.05, 0) is 59.1 Å². The smallest absolute Gasteiger partial charge is 0.120 e. The van der Waals surface area contributed by atoms with Crippen LogP contribution in [0, 0.1) is 27.7 Å². The van der Waals surface area contributed by atoms with Crippen molar-refractivity contribution in [1.82, 2.24) is 14.8 Å². The molecule has 4 nitrogen and oxygen atoms in total. The van der Waals surface area contributed by atoms with Gasteiger partial charge in [0.05, 0.1) is 23.7 Å². The van der Waals surface area contributed by atoms with Gasteiger partial charge in [-0.2, -0.15) is 10.2 Å². The Balaban J connectivity index is 2.31. The number of nitrogens with zero attached hydrogens (tertiary/aromatic N) is 3. The number of hydrogen-bond acceptors (Lipinski definition) is 4. The van der Waals surface area contributed by atoms with Gasteiger partial charge in [0.1, 0.15) is 5.75 Å². The van der Waals surface area contributed by atoms with Crippen LogP contribution in [0.3, 0.4) is 0 Å². The van der Waals surface area contributed by atoms with Crippen LogP contribution in [0.15, 0.2) is 23.1 Å². The minimum atomic E-state index is 0.675. The molecule has 0 aliphatic rings. The van der Waals surface area contributed by atoms with E-state index in [9.17, 15) is 0 Å². The van der Waals surface area contributed by atoms with Crippen LogP contribution in [0.1, 0.15) is 29.7 Å². The van der Waals surface area contributed by atoms with E-state index in [1.54, 1.807) is 11.8 Å². The average Bonchev–Trinajstić information content (AvgIpc) is 2.83. The molecule has 0 atom stereocenters. The zero-order valence-electron chi connectivity index (χ0n) is 15.1. The van der Waals surface area contributed by atoms with Gasteiger partial charge in [0.15, 0.2) is 0 Å². The molecular weight excluding hydrogens is 318 g/mol. The molecule has 2 heterocycles. The van der Waals surface area contributed by atoms with Gasteiger partial charge in [0, 0.05) is 27.1 Å². The molecule has 126 valence electrons. The van der Waals surface area contributed by atoms with E-state index in [1.807, 2.05) is 26.8 Å². The van der Waals surface area contributed by atoms with Gasteiger partial charge in [-0.25, -0.2) is 0 Å². The maximum absolute atomic E-state index is 5.65. The van der Waals surface area contributed by atoms with Crippen molar-refractivity contribution in [1.29, 1.82) is 0 Å². The van der Waals surface area contributed by atoms with Gasteiger partial charge in [0.25, 0.3) is 0 Å². The number of thioether (sulfide) groups is 1. The highest BCUT2D eigenvalue weighted by molar-refractivity contribution is 7.98. The van der Waals surface area contributed by atoms with Crippen molar-refractivity contribution in [2.75, 3.05) is 12.9 Å². The van der Waals surface area contributed by atoms with E-state index in [0.717, 1.165) is 17.1 Å². The zero-order valence-corrected chi connectivity index (χ0v) is 15.9. The Kier molecular flexibility index (Phi) is 4.54. The van der Waals surface area contributed by atoms with Gasteiger partial charge in [-0.1, -0.05) is 0 Å². The molecule has 2 aromatic heterocycles. The van der Waals surface area contributed by atoms with Crippen LogP contribution in [0.25, 0.3) is 16.5 Å². The van der Waals surface area contributed by atoms with Crippen LogP contribution in [0.4, 0.5) is 0 Å². The summed E-state index contributed by atoms with van der Waals surface area (Å²) in [6.07, 6.45) is 2.10. The normalized spacial score (nSPS) is 11.2. The lowest BCUT2D eigenvalue weighted by molar-refractivity contribution is 0.339. The van der Waals surface area contributed by atoms with Crippen LogP contribution in [-0.4, -0.2) is 27.6 Å². The van der Waals surface area contributed by atoms with Crippen molar-refractivity contribution in [3.05, 3.63) is 41.0 Å². The van der Waals surface area contributed by atoms with Crippen LogP contribution in [0.5, 0.6) is 5.75 Å². The summed E-state index contributed by atoms with van der Waals surface area (Å²) < 4.78 is 7.97. The molecule has 1 aromatic carbocycles. The zero-order chi connectivity index (χ0) is 17.4. The molecule has 0 aliphatic heterocycles. The molecular formula is C19H23N3OS. The number of aryl methyl sites for hydroxylation is 4. The first-order chi connectivity index (χ1) is 11.5. The Morgan fingerprint density at radius 2 is 1.58 bits per heavy atom. The summed E-state index contributed by atoms with van der Waals surface area (Å²) >= 11 is 1.73. The summed E-state index contributed by atoms with van der Waals surface area (Å²) in [6.45, 7) is 11.0. The van der Waals surface area contributed by atoms with Crippen LogP contribution in [0.2, 0.25) is 0 Å². The summed E-state index contributed by atoms with van der Waals surface area (Å²) in [5.74, 6) is 0.910. The Hall–Kier alpha value is -2.01. The summed E-state index contributed by atoms with van der Waals surface area (Å²) in [5.41, 5.74) is 5.55. The molecule has 0 radical (unpaired) electrons. The molecule has 3 rings (SSSR count). The Morgan fingerprint density at radius 1 is 1.00 bits per heavy atom. The second kappa shape index (κ2) is 6.48. The minimum Gasteiger partial charge on any atom is -0.494 e. The molecule has 0 N–H and O–H groups in total. The number of hydrogen-bond donors (Lipinski definition) is 0. The predicted molar refractivity (Wildman–Crippen MR) is 101 cm³/mol. The number of fused-ring (bicyclic) bond motifs is 1. The first kappa shape index (κ1) is 16.8. The van der Waals surface area contributed by atoms with Gasteiger partial charge < -0.3 is 9.30 Å². The highest BCUT2D eigenvalue weighted by atomic mass is 32.2. The van der Waals surface area contributed by atoms with Gasteiger partial charge in [0.2, 0.25) is 0 Å². The molecule has 3 aromatic rings. The molecule has 0 saturated carbocycles. The maximum atomic E-state index is 5.65. The Morgan fingerprint density at radius 3 is 2.08 bits per heavy atom. The van der Waals surface area contributed by atoms with E-state index in [2.05, 4.69) is 47.0 Å². The summed E-state index contributed by atoms with van der Waals surface area (Å²) in [6, 6.07) is 6.29. The molecule has 5 heteroatoms. The van der Waals surface area contributed by atoms with E-state index < -0.39 is 0 Å². The molecule has 0 bridgehead atoms. The monoisotopic (exact) mass is 341 g/mol. The molecule has 0 unspecified atom stereocenters. The third-order valence-corrected chi connectivity index (χ3v) is 5.19. The Bertz CT molecular complexity index is 870. The van der Waals surface area contributed by atoms with E-state index >= 15 is 0 Å². The van der Waals surface area contributed by atoms with E-state index in [0.29, 0.717) is 6.61 Å².